The zero-order valence-corrected chi connectivity index (χ0v) is 16.7. The maximum absolute atomic E-state index is 13.2. The van der Waals surface area contributed by atoms with Gasteiger partial charge in [0, 0.05) is 11.7 Å². The summed E-state index contributed by atoms with van der Waals surface area (Å²) in [6.07, 6.45) is -7.76. The van der Waals surface area contributed by atoms with E-state index in [-0.39, 0.29) is 25.7 Å². The van der Waals surface area contributed by atoms with E-state index < -0.39 is 48.2 Å². The predicted octanol–water partition coefficient (Wildman–Crippen LogP) is 5.24. The number of pyridine rings is 1. The van der Waals surface area contributed by atoms with E-state index in [1.54, 1.807) is 0 Å². The van der Waals surface area contributed by atoms with Crippen LogP contribution in [-0.4, -0.2) is 29.5 Å². The second kappa shape index (κ2) is 7.15. The van der Waals surface area contributed by atoms with Gasteiger partial charge in [0.1, 0.15) is 5.69 Å². The highest BCUT2D eigenvalue weighted by Gasteiger charge is 2.53. The fraction of sp³-hybridized carbons (Fsp3) is 0.737. The van der Waals surface area contributed by atoms with Crippen molar-refractivity contribution in [1.29, 1.82) is 0 Å². The highest BCUT2D eigenvalue weighted by molar-refractivity contribution is 6.62. The van der Waals surface area contributed by atoms with Gasteiger partial charge in [0.05, 0.1) is 17.1 Å². The second-order valence-corrected chi connectivity index (χ2v) is 8.87. The lowest BCUT2D eigenvalue weighted by molar-refractivity contribution is -0.182. The van der Waals surface area contributed by atoms with Crippen molar-refractivity contribution < 1.29 is 35.7 Å². The van der Waals surface area contributed by atoms with Crippen LogP contribution < -0.4 is 5.46 Å². The Labute approximate surface area is 166 Å². The molecule has 3 rings (SSSR count). The highest BCUT2D eigenvalue weighted by atomic mass is 19.4. The van der Waals surface area contributed by atoms with E-state index >= 15 is 0 Å². The first-order chi connectivity index (χ1) is 13.1. The average molecular weight is 423 g/mol. The predicted molar refractivity (Wildman–Crippen MR) is 95.7 cm³/mol. The minimum Gasteiger partial charge on any atom is -0.399 e. The topological polar surface area (TPSA) is 31.4 Å². The summed E-state index contributed by atoms with van der Waals surface area (Å²) in [5, 5.41) is 0. The van der Waals surface area contributed by atoms with Crippen molar-refractivity contribution in [2.75, 3.05) is 0 Å². The lowest BCUT2D eigenvalue weighted by atomic mass is 9.69. The van der Waals surface area contributed by atoms with Gasteiger partial charge in [-0.1, -0.05) is 0 Å². The lowest BCUT2D eigenvalue weighted by Crippen LogP contribution is -2.41. The van der Waals surface area contributed by atoms with Crippen LogP contribution in [0.5, 0.6) is 0 Å². The molecule has 2 aliphatic rings. The molecule has 0 unspecified atom stereocenters. The van der Waals surface area contributed by atoms with Crippen LogP contribution in [0.25, 0.3) is 0 Å². The van der Waals surface area contributed by atoms with Gasteiger partial charge < -0.3 is 9.31 Å². The molecule has 2 heterocycles. The van der Waals surface area contributed by atoms with E-state index in [4.69, 9.17) is 9.31 Å². The summed E-state index contributed by atoms with van der Waals surface area (Å²) in [4.78, 5) is 3.53. The van der Waals surface area contributed by atoms with E-state index in [2.05, 4.69) is 4.98 Å². The van der Waals surface area contributed by atoms with Gasteiger partial charge in [0.2, 0.25) is 0 Å². The Kier molecular flexibility index (Phi) is 5.52. The van der Waals surface area contributed by atoms with Crippen molar-refractivity contribution >= 4 is 12.6 Å². The summed E-state index contributed by atoms with van der Waals surface area (Å²) in [6.45, 7) is 7.27. The summed E-state index contributed by atoms with van der Waals surface area (Å²) in [5.41, 5.74) is -1.80. The van der Waals surface area contributed by atoms with Gasteiger partial charge in [-0.25, -0.2) is 0 Å². The van der Waals surface area contributed by atoms with Crippen LogP contribution in [0.15, 0.2) is 12.3 Å². The molecule has 0 radical (unpaired) electrons. The first kappa shape index (κ1) is 22.4. The number of nitrogens with zero attached hydrogens (tertiary/aromatic N) is 1. The molecule has 1 aliphatic carbocycles. The van der Waals surface area contributed by atoms with E-state index in [0.29, 0.717) is 11.0 Å². The normalized spacial score (nSPS) is 27.3. The Balaban J connectivity index is 1.94. The molecule has 1 aromatic heterocycles. The third-order valence-corrected chi connectivity index (χ3v) is 6.40. The molecule has 0 N–H and O–H groups in total. The maximum Gasteiger partial charge on any atom is 0.496 e. The maximum atomic E-state index is 13.2. The number of rotatable bonds is 2. The smallest absolute Gasteiger partial charge is 0.399 e. The number of aromatic nitrogens is 1. The molecular weight excluding hydrogens is 399 g/mol. The Morgan fingerprint density at radius 2 is 1.45 bits per heavy atom. The molecule has 1 aliphatic heterocycles. The van der Waals surface area contributed by atoms with Crippen molar-refractivity contribution in [2.24, 2.45) is 5.92 Å². The molecule has 3 nitrogen and oxygen atoms in total. The van der Waals surface area contributed by atoms with Gasteiger partial charge in [-0.15, -0.1) is 0 Å². The summed E-state index contributed by atoms with van der Waals surface area (Å²) >= 11 is 0. The van der Waals surface area contributed by atoms with Crippen LogP contribution >= 0.6 is 0 Å². The van der Waals surface area contributed by atoms with Crippen molar-refractivity contribution in [3.8, 4) is 0 Å². The summed E-state index contributed by atoms with van der Waals surface area (Å²) in [6, 6.07) is 0.943. The van der Waals surface area contributed by atoms with Gasteiger partial charge in [-0.2, -0.15) is 26.3 Å². The number of hydrogen-bond acceptors (Lipinski definition) is 3. The molecule has 10 heteroatoms. The Hall–Kier alpha value is -1.29. The molecule has 1 saturated heterocycles. The quantitative estimate of drug-likeness (QED) is 0.482. The fourth-order valence-electron chi connectivity index (χ4n) is 3.89. The van der Waals surface area contributed by atoms with Crippen LogP contribution in [-0.2, 0) is 15.5 Å². The second-order valence-electron chi connectivity index (χ2n) is 8.87. The fourth-order valence-corrected chi connectivity index (χ4v) is 3.89. The third kappa shape index (κ3) is 4.43. The third-order valence-electron chi connectivity index (χ3n) is 6.40. The van der Waals surface area contributed by atoms with Gasteiger partial charge in [0.25, 0.3) is 0 Å². The molecular formula is C19H24BF6NO2. The minimum absolute atomic E-state index is 0.110. The Morgan fingerprint density at radius 3 is 1.90 bits per heavy atom. The van der Waals surface area contributed by atoms with Crippen LogP contribution in [0.1, 0.15) is 70.6 Å². The van der Waals surface area contributed by atoms with Crippen molar-refractivity contribution in [3.05, 3.63) is 23.5 Å². The summed E-state index contributed by atoms with van der Waals surface area (Å²) in [5.74, 6) is -1.85. The van der Waals surface area contributed by atoms with E-state index in [1.165, 1.54) is 0 Å². The molecule has 0 aromatic carbocycles. The molecule has 162 valence electrons. The molecule has 29 heavy (non-hydrogen) atoms. The molecule has 1 aromatic rings. The molecule has 0 atom stereocenters. The first-order valence-electron chi connectivity index (χ1n) is 9.61. The lowest BCUT2D eigenvalue weighted by Gasteiger charge is -2.32. The van der Waals surface area contributed by atoms with Crippen LogP contribution in [0.4, 0.5) is 26.3 Å². The van der Waals surface area contributed by atoms with Crippen molar-refractivity contribution in [2.45, 2.75) is 82.9 Å². The Morgan fingerprint density at radius 1 is 0.931 bits per heavy atom. The summed E-state index contributed by atoms with van der Waals surface area (Å²) < 4.78 is 90.6. The van der Waals surface area contributed by atoms with Crippen LogP contribution in [0.2, 0.25) is 0 Å². The molecule has 0 spiro atoms. The van der Waals surface area contributed by atoms with Crippen molar-refractivity contribution in [3.63, 3.8) is 0 Å². The van der Waals surface area contributed by atoms with E-state index in [1.807, 2.05) is 27.7 Å². The van der Waals surface area contributed by atoms with Crippen LogP contribution in [0, 0.1) is 5.92 Å². The first-order valence-corrected chi connectivity index (χ1v) is 9.61. The zero-order chi connectivity index (χ0) is 21.8. The number of halogens is 6. The SMILES string of the molecule is CC1(C)OB(c2cnc(C(F)(F)F)cc2C2CCC(C(F)(F)F)CC2)OC1(C)C. The summed E-state index contributed by atoms with van der Waals surface area (Å²) in [7, 11) is -0.926. The molecule has 0 bridgehead atoms. The minimum atomic E-state index is -4.65. The number of alkyl halides is 6. The van der Waals surface area contributed by atoms with Gasteiger partial charge in [-0.05, 0) is 70.9 Å². The number of hydrogen-bond donors (Lipinski definition) is 0. The molecule has 2 fully saturated rings. The molecule has 1 saturated carbocycles. The largest absolute Gasteiger partial charge is 0.496 e. The standard InChI is InChI=1S/C19H24BF6NO2/c1-16(2)17(3,4)29-20(28-16)14-10-27-15(19(24,25)26)9-13(14)11-5-7-12(8-6-11)18(21,22)23/h9-12H,5-8H2,1-4H3. The van der Waals surface area contributed by atoms with Gasteiger partial charge >= 0.3 is 19.5 Å². The van der Waals surface area contributed by atoms with Crippen LogP contribution in [0.3, 0.4) is 0 Å². The van der Waals surface area contributed by atoms with Gasteiger partial charge in [-0.3, -0.25) is 4.98 Å². The monoisotopic (exact) mass is 423 g/mol. The Bertz CT molecular complexity index is 738. The average Bonchev–Trinajstić information content (AvgIpc) is 2.80. The van der Waals surface area contributed by atoms with E-state index in [0.717, 1.165) is 12.3 Å². The zero-order valence-electron chi connectivity index (χ0n) is 16.7. The van der Waals surface area contributed by atoms with Crippen molar-refractivity contribution in [1.82, 2.24) is 4.98 Å². The highest BCUT2D eigenvalue weighted by Crippen LogP contribution is 2.44. The molecule has 0 amide bonds. The van der Waals surface area contributed by atoms with E-state index in [9.17, 15) is 26.3 Å². The van der Waals surface area contributed by atoms with Gasteiger partial charge in [0.15, 0.2) is 0 Å².